The van der Waals surface area contributed by atoms with Crippen LogP contribution in [0.4, 0.5) is 0 Å². The summed E-state index contributed by atoms with van der Waals surface area (Å²) in [6.07, 6.45) is 0. The number of rotatable bonds is 1. The Labute approximate surface area is 75.1 Å². The van der Waals surface area contributed by atoms with Gasteiger partial charge in [-0.15, -0.1) is 0 Å². The first-order chi connectivity index (χ1) is 5.15. The van der Waals surface area contributed by atoms with E-state index in [0.29, 0.717) is 8.83 Å². The van der Waals surface area contributed by atoms with Crippen LogP contribution in [0.1, 0.15) is 16.7 Å². The second-order valence-corrected chi connectivity index (χ2v) is 4.12. The highest BCUT2D eigenvalue weighted by Crippen LogP contribution is 2.05. The van der Waals surface area contributed by atoms with Crippen LogP contribution in [0.3, 0.4) is 0 Å². The minimum atomic E-state index is 0.396. The highest BCUT2D eigenvalue weighted by Gasteiger charge is 2.02. The fourth-order valence-electron chi connectivity index (χ4n) is 1.33. The van der Waals surface area contributed by atoms with Crippen molar-refractivity contribution in [2.75, 3.05) is 0 Å². The molecule has 0 saturated carbocycles. The van der Waals surface area contributed by atoms with Gasteiger partial charge < -0.3 is 0 Å². The normalized spacial score (nSPS) is 10.2. The van der Waals surface area contributed by atoms with E-state index in [1.807, 2.05) is 0 Å². The third-order valence-corrected chi connectivity index (χ3v) is 3.32. The summed E-state index contributed by atoms with van der Waals surface area (Å²) in [5, 5.41) is 1.30. The topological polar surface area (TPSA) is 0 Å². The van der Waals surface area contributed by atoms with Gasteiger partial charge in [-0.25, -0.2) is 0 Å². The van der Waals surface area contributed by atoms with Gasteiger partial charge in [-0.1, -0.05) is 28.8 Å². The van der Waals surface area contributed by atoms with Gasteiger partial charge in [-0.05, 0) is 26.0 Å². The molecule has 0 saturated heterocycles. The minimum absolute atomic E-state index is 0.396. The Kier molecular flexibility index (Phi) is 2.74. The molecule has 0 amide bonds. The summed E-state index contributed by atoms with van der Waals surface area (Å²) in [6, 6.07) is 4.36. The van der Waals surface area contributed by atoms with Crippen molar-refractivity contribution in [3.05, 3.63) is 28.8 Å². The number of benzene rings is 1. The summed E-state index contributed by atoms with van der Waals surface area (Å²) >= 11 is 5.82. The van der Waals surface area contributed by atoms with Gasteiger partial charge in [-0.2, -0.15) is 11.1 Å². The molecule has 0 unspecified atom stereocenters. The van der Waals surface area contributed by atoms with E-state index in [0.717, 1.165) is 0 Å². The Morgan fingerprint density at radius 1 is 1.09 bits per heavy atom. The molecule has 0 nitrogen and oxygen atoms in total. The van der Waals surface area contributed by atoms with Gasteiger partial charge in [0.25, 0.3) is 0 Å². The van der Waals surface area contributed by atoms with Crippen molar-refractivity contribution in [2.24, 2.45) is 0 Å². The molecule has 0 aromatic heterocycles. The van der Waals surface area contributed by atoms with E-state index in [2.05, 4.69) is 32.9 Å². The van der Waals surface area contributed by atoms with Crippen LogP contribution in [-0.4, -0.2) is 8.83 Å². The smallest absolute Gasteiger partial charge is 0.165 e. The Balaban J connectivity index is 3.25. The largest absolute Gasteiger partial charge is 0.210 e. The second kappa shape index (κ2) is 3.42. The summed E-state index contributed by atoms with van der Waals surface area (Å²) in [6.45, 7) is 6.34. The average molecular weight is 183 g/mol. The molecule has 0 aliphatic heterocycles. The highest BCUT2D eigenvalue weighted by atomic mass is 35.6. The van der Waals surface area contributed by atoms with E-state index in [-0.39, 0.29) is 0 Å². The molecule has 58 valence electrons. The zero-order chi connectivity index (χ0) is 8.43. The van der Waals surface area contributed by atoms with Crippen LogP contribution in [-0.2, 0) is 0 Å². The van der Waals surface area contributed by atoms with Gasteiger partial charge in [0.2, 0.25) is 8.83 Å². The second-order valence-electron chi connectivity index (χ2n) is 2.87. The standard InChI is InChI=1S/C9H11ClSi/c1-6-4-7(2)9(11-10)8(3)5-6/h4-5H,1-3H3. The molecule has 0 spiro atoms. The Morgan fingerprint density at radius 3 is 1.91 bits per heavy atom. The molecule has 1 aromatic rings. The maximum absolute atomic E-state index is 5.82. The van der Waals surface area contributed by atoms with Crippen molar-refractivity contribution in [3.8, 4) is 0 Å². The molecule has 1 rings (SSSR count). The van der Waals surface area contributed by atoms with Crippen molar-refractivity contribution in [3.63, 3.8) is 0 Å². The number of hydrogen-bond donors (Lipinski definition) is 0. The summed E-state index contributed by atoms with van der Waals surface area (Å²) < 4.78 is 0. The van der Waals surface area contributed by atoms with Gasteiger partial charge in [0.1, 0.15) is 0 Å². The molecule has 0 aliphatic carbocycles. The molecule has 2 radical (unpaired) electrons. The number of aryl methyl sites for hydroxylation is 3. The summed E-state index contributed by atoms with van der Waals surface area (Å²) in [5.74, 6) is 0. The van der Waals surface area contributed by atoms with Crippen LogP contribution < -0.4 is 5.19 Å². The van der Waals surface area contributed by atoms with Crippen molar-refractivity contribution >= 4 is 25.1 Å². The SMILES string of the molecule is Cc1cc(C)c([Si]Cl)c(C)c1. The first-order valence-corrected chi connectivity index (χ1v) is 5.61. The molecule has 0 heterocycles. The molecule has 1 aromatic carbocycles. The highest BCUT2D eigenvalue weighted by molar-refractivity contribution is 7.01. The third kappa shape index (κ3) is 1.85. The first-order valence-electron chi connectivity index (χ1n) is 3.59. The van der Waals surface area contributed by atoms with Gasteiger partial charge in [0.15, 0.2) is 0 Å². The van der Waals surface area contributed by atoms with Crippen LogP contribution in [0.25, 0.3) is 0 Å². The molecule has 11 heavy (non-hydrogen) atoms. The van der Waals surface area contributed by atoms with Crippen molar-refractivity contribution in [1.29, 1.82) is 0 Å². The maximum atomic E-state index is 5.82. The van der Waals surface area contributed by atoms with Crippen molar-refractivity contribution < 1.29 is 0 Å². The van der Waals surface area contributed by atoms with Crippen LogP contribution >= 0.6 is 11.1 Å². The Hall–Kier alpha value is -0.273. The van der Waals surface area contributed by atoms with E-state index < -0.39 is 0 Å². The third-order valence-electron chi connectivity index (χ3n) is 1.77. The first kappa shape index (κ1) is 8.82. The summed E-state index contributed by atoms with van der Waals surface area (Å²) in [4.78, 5) is 0. The van der Waals surface area contributed by atoms with Gasteiger partial charge >= 0.3 is 0 Å². The Bertz CT molecular complexity index is 245. The van der Waals surface area contributed by atoms with E-state index in [1.54, 1.807) is 0 Å². The molecule has 0 aliphatic rings. The lowest BCUT2D eigenvalue weighted by Crippen LogP contribution is -2.16. The van der Waals surface area contributed by atoms with E-state index in [9.17, 15) is 0 Å². The van der Waals surface area contributed by atoms with Crippen LogP contribution in [0.15, 0.2) is 12.1 Å². The zero-order valence-corrected chi connectivity index (χ0v) is 8.79. The molecule has 0 fully saturated rings. The lowest BCUT2D eigenvalue weighted by atomic mass is 10.1. The van der Waals surface area contributed by atoms with Gasteiger partial charge in [-0.3, -0.25) is 0 Å². The summed E-state index contributed by atoms with van der Waals surface area (Å²) in [7, 11) is 0.396. The monoisotopic (exact) mass is 182 g/mol. The average Bonchev–Trinajstić information content (AvgIpc) is 1.85. The lowest BCUT2D eigenvalue weighted by molar-refractivity contribution is 1.35. The van der Waals surface area contributed by atoms with Crippen LogP contribution in [0.5, 0.6) is 0 Å². The van der Waals surface area contributed by atoms with E-state index >= 15 is 0 Å². The van der Waals surface area contributed by atoms with Crippen LogP contribution in [0, 0.1) is 20.8 Å². The quantitative estimate of drug-likeness (QED) is 0.461. The molecular weight excluding hydrogens is 172 g/mol. The zero-order valence-electron chi connectivity index (χ0n) is 7.03. The van der Waals surface area contributed by atoms with Crippen molar-refractivity contribution in [2.45, 2.75) is 20.8 Å². The predicted octanol–water partition coefficient (Wildman–Crippen LogP) is 2.10. The fourth-order valence-corrected chi connectivity index (χ4v) is 2.67. The van der Waals surface area contributed by atoms with Gasteiger partial charge in [0, 0.05) is 0 Å². The van der Waals surface area contributed by atoms with Crippen molar-refractivity contribution in [1.82, 2.24) is 0 Å². The minimum Gasteiger partial charge on any atom is -0.165 e. The van der Waals surface area contributed by atoms with E-state index in [4.69, 9.17) is 11.1 Å². The fraction of sp³-hybridized carbons (Fsp3) is 0.333. The maximum Gasteiger partial charge on any atom is 0.210 e. The molecular formula is C9H11ClSi. The van der Waals surface area contributed by atoms with E-state index in [1.165, 1.54) is 21.9 Å². The Morgan fingerprint density at radius 2 is 1.55 bits per heavy atom. The molecule has 0 atom stereocenters. The van der Waals surface area contributed by atoms with Crippen LogP contribution in [0.2, 0.25) is 0 Å². The molecule has 0 N–H and O–H groups in total. The molecule has 2 heteroatoms. The molecule has 0 bridgehead atoms. The summed E-state index contributed by atoms with van der Waals surface area (Å²) in [5.41, 5.74) is 3.95. The number of halogens is 1. The lowest BCUT2D eigenvalue weighted by Gasteiger charge is -2.06. The van der Waals surface area contributed by atoms with Gasteiger partial charge in [0.05, 0.1) is 0 Å². The predicted molar refractivity (Wildman–Crippen MR) is 51.9 cm³/mol. The number of hydrogen-bond acceptors (Lipinski definition) is 0.